The zero-order chi connectivity index (χ0) is 26.4. The highest BCUT2D eigenvalue weighted by molar-refractivity contribution is 5.91. The lowest BCUT2D eigenvalue weighted by Gasteiger charge is -2.44. The Morgan fingerprint density at radius 3 is 2.61 bits per heavy atom. The van der Waals surface area contributed by atoms with E-state index < -0.39 is 35.0 Å². The van der Waals surface area contributed by atoms with E-state index in [0.29, 0.717) is 18.5 Å². The smallest absolute Gasteiger partial charge is 0.309 e. The van der Waals surface area contributed by atoms with Gasteiger partial charge in [0.15, 0.2) is 0 Å². The van der Waals surface area contributed by atoms with Crippen LogP contribution in [0.1, 0.15) is 55.4 Å². The number of rotatable bonds is 7. The van der Waals surface area contributed by atoms with Crippen molar-refractivity contribution in [3.05, 3.63) is 65.8 Å². The van der Waals surface area contributed by atoms with Crippen LogP contribution in [0.15, 0.2) is 47.0 Å². The molecule has 38 heavy (non-hydrogen) atoms. The van der Waals surface area contributed by atoms with Gasteiger partial charge in [-0.25, -0.2) is 8.78 Å². The maximum absolute atomic E-state index is 14.2. The van der Waals surface area contributed by atoms with Gasteiger partial charge in [-0.05, 0) is 63.3 Å². The molecule has 2 aromatic heterocycles. The normalized spacial score (nSPS) is 24.6. The van der Waals surface area contributed by atoms with E-state index in [-0.39, 0.29) is 29.3 Å². The SMILES string of the molecule is CC1[C@@H](C(=O)NC2(c3ccccn3)CC2)[C@@H](NC(=O)c2nnc(-c3ccc(F)cc3F)o2)CCN1C1CC1. The molecule has 2 N–H and O–H groups in total. The van der Waals surface area contributed by atoms with E-state index in [9.17, 15) is 18.4 Å². The number of nitrogens with one attached hydrogen (secondary N) is 2. The van der Waals surface area contributed by atoms with Gasteiger partial charge in [-0.15, -0.1) is 10.2 Å². The first kappa shape index (κ1) is 24.6. The van der Waals surface area contributed by atoms with Crippen LogP contribution in [-0.2, 0) is 10.3 Å². The fraction of sp³-hybridized carbons (Fsp3) is 0.444. The molecule has 1 aromatic carbocycles. The monoisotopic (exact) mass is 522 g/mol. The number of halogens is 2. The van der Waals surface area contributed by atoms with Gasteiger partial charge in [0, 0.05) is 36.9 Å². The van der Waals surface area contributed by atoms with Crippen LogP contribution in [-0.4, -0.2) is 56.6 Å². The molecular weight excluding hydrogens is 494 g/mol. The molecule has 1 saturated heterocycles. The van der Waals surface area contributed by atoms with E-state index >= 15 is 0 Å². The van der Waals surface area contributed by atoms with E-state index in [1.807, 2.05) is 25.1 Å². The van der Waals surface area contributed by atoms with Crippen molar-refractivity contribution in [3.63, 3.8) is 0 Å². The second kappa shape index (κ2) is 9.54. The molecule has 2 aliphatic carbocycles. The molecule has 3 heterocycles. The minimum atomic E-state index is -0.875. The predicted octanol–water partition coefficient (Wildman–Crippen LogP) is 3.19. The number of carbonyl (C=O) groups excluding carboxylic acids is 2. The summed E-state index contributed by atoms with van der Waals surface area (Å²) < 4.78 is 32.8. The van der Waals surface area contributed by atoms with Gasteiger partial charge in [0.25, 0.3) is 5.89 Å². The van der Waals surface area contributed by atoms with Crippen LogP contribution in [0.3, 0.4) is 0 Å². The molecule has 0 radical (unpaired) electrons. The van der Waals surface area contributed by atoms with Gasteiger partial charge < -0.3 is 15.1 Å². The molecule has 1 unspecified atom stereocenters. The number of nitrogens with zero attached hydrogens (tertiary/aromatic N) is 4. The lowest BCUT2D eigenvalue weighted by atomic mass is 9.84. The van der Waals surface area contributed by atoms with Crippen LogP contribution in [0.25, 0.3) is 11.5 Å². The fourth-order valence-electron chi connectivity index (χ4n) is 5.55. The number of benzene rings is 1. The highest BCUT2D eigenvalue weighted by Crippen LogP contribution is 2.45. The van der Waals surface area contributed by atoms with Crippen LogP contribution in [0.4, 0.5) is 8.78 Å². The van der Waals surface area contributed by atoms with Gasteiger partial charge in [0.05, 0.1) is 22.7 Å². The van der Waals surface area contributed by atoms with Crippen LogP contribution < -0.4 is 10.6 Å². The summed E-state index contributed by atoms with van der Waals surface area (Å²) in [6, 6.07) is 8.52. The van der Waals surface area contributed by atoms with Crippen molar-refractivity contribution in [1.29, 1.82) is 0 Å². The second-order valence-electron chi connectivity index (χ2n) is 10.4. The maximum Gasteiger partial charge on any atom is 0.309 e. The third-order valence-corrected chi connectivity index (χ3v) is 7.86. The molecule has 0 bridgehead atoms. The Hall–Kier alpha value is -3.73. The number of carbonyl (C=O) groups is 2. The van der Waals surface area contributed by atoms with Crippen LogP contribution in [0.5, 0.6) is 0 Å². The fourth-order valence-corrected chi connectivity index (χ4v) is 5.55. The number of likely N-dealkylation sites (tertiary alicyclic amines) is 1. The molecule has 6 rings (SSSR count). The molecule has 3 atom stereocenters. The van der Waals surface area contributed by atoms with Crippen molar-refractivity contribution in [2.24, 2.45) is 5.92 Å². The number of aromatic nitrogens is 3. The van der Waals surface area contributed by atoms with E-state index in [0.717, 1.165) is 44.0 Å². The minimum absolute atomic E-state index is 0.0901. The highest BCUT2D eigenvalue weighted by Gasteiger charge is 2.51. The highest BCUT2D eigenvalue weighted by atomic mass is 19.1. The van der Waals surface area contributed by atoms with Gasteiger partial charge in [0.1, 0.15) is 11.6 Å². The average Bonchev–Trinajstić information content (AvgIpc) is 3.83. The topological polar surface area (TPSA) is 113 Å². The minimum Gasteiger partial charge on any atom is -0.412 e. The first-order valence-corrected chi connectivity index (χ1v) is 12.9. The lowest BCUT2D eigenvalue weighted by Crippen LogP contribution is -2.61. The molecule has 11 heteroatoms. The zero-order valence-electron chi connectivity index (χ0n) is 20.9. The van der Waals surface area contributed by atoms with Crippen LogP contribution in [0, 0.1) is 17.6 Å². The Morgan fingerprint density at radius 2 is 1.92 bits per heavy atom. The number of pyridine rings is 1. The van der Waals surface area contributed by atoms with Crippen LogP contribution >= 0.6 is 0 Å². The van der Waals surface area contributed by atoms with Crippen molar-refractivity contribution < 1.29 is 22.8 Å². The zero-order valence-corrected chi connectivity index (χ0v) is 20.9. The summed E-state index contributed by atoms with van der Waals surface area (Å²) in [5, 5.41) is 13.7. The standard InChI is InChI=1S/C27H28F2N6O3/c1-15-22(23(36)32-27(10-11-27)21-4-2-3-12-30-21)20(9-13-35(15)17-6-7-17)31-24(37)26-34-33-25(38-26)18-8-5-16(28)14-19(18)29/h2-5,8,12,14-15,17,20,22H,6-7,9-11,13H2,1H3,(H,31,37)(H,32,36)/t15?,20-,22+/m0/s1. The molecule has 3 fully saturated rings. The summed E-state index contributed by atoms with van der Waals surface area (Å²) in [6.07, 6.45) is 6.14. The largest absolute Gasteiger partial charge is 0.412 e. The van der Waals surface area contributed by atoms with Crippen LogP contribution in [0.2, 0.25) is 0 Å². The van der Waals surface area contributed by atoms with Crippen molar-refractivity contribution in [2.45, 2.75) is 62.7 Å². The summed E-state index contributed by atoms with van der Waals surface area (Å²) in [6.45, 7) is 2.78. The predicted molar refractivity (Wildman–Crippen MR) is 131 cm³/mol. The van der Waals surface area contributed by atoms with Gasteiger partial charge in [-0.2, -0.15) is 0 Å². The first-order valence-electron chi connectivity index (χ1n) is 12.9. The summed E-state index contributed by atoms with van der Waals surface area (Å²) in [7, 11) is 0. The Balaban J connectivity index is 1.21. The third kappa shape index (κ3) is 4.66. The maximum atomic E-state index is 14.2. The first-order chi connectivity index (χ1) is 18.3. The Morgan fingerprint density at radius 1 is 1.11 bits per heavy atom. The molecule has 2 saturated carbocycles. The third-order valence-electron chi connectivity index (χ3n) is 7.86. The lowest BCUT2D eigenvalue weighted by molar-refractivity contribution is -0.131. The molecular formula is C27H28F2N6O3. The number of hydrogen-bond acceptors (Lipinski definition) is 7. The summed E-state index contributed by atoms with van der Waals surface area (Å²) in [4.78, 5) is 33.7. The molecule has 2 amide bonds. The van der Waals surface area contributed by atoms with Crippen molar-refractivity contribution in [2.75, 3.05) is 6.54 Å². The van der Waals surface area contributed by atoms with Crippen molar-refractivity contribution >= 4 is 11.8 Å². The van der Waals surface area contributed by atoms with Gasteiger partial charge in [-0.3, -0.25) is 19.5 Å². The average molecular weight is 523 g/mol. The number of piperidine rings is 1. The second-order valence-corrected chi connectivity index (χ2v) is 10.4. The van der Waals surface area contributed by atoms with E-state index in [1.165, 1.54) is 6.07 Å². The Bertz CT molecular complexity index is 1360. The number of hydrogen-bond donors (Lipinski definition) is 2. The molecule has 0 spiro atoms. The van der Waals surface area contributed by atoms with E-state index in [1.54, 1.807) is 6.20 Å². The Kier molecular flexibility index (Phi) is 6.17. The molecule has 9 nitrogen and oxygen atoms in total. The molecule has 1 aliphatic heterocycles. The summed E-state index contributed by atoms with van der Waals surface area (Å²) >= 11 is 0. The van der Waals surface area contributed by atoms with Gasteiger partial charge in [-0.1, -0.05) is 6.07 Å². The van der Waals surface area contributed by atoms with Gasteiger partial charge in [0.2, 0.25) is 5.91 Å². The molecule has 3 aliphatic rings. The Labute approximate surface area is 218 Å². The molecule has 198 valence electrons. The van der Waals surface area contributed by atoms with Crippen molar-refractivity contribution in [1.82, 2.24) is 30.7 Å². The summed E-state index contributed by atoms with van der Waals surface area (Å²) in [5.41, 5.74) is 0.253. The van der Waals surface area contributed by atoms with E-state index in [2.05, 4.69) is 30.7 Å². The number of amides is 2. The summed E-state index contributed by atoms with van der Waals surface area (Å²) in [5.74, 6) is -3.48. The van der Waals surface area contributed by atoms with E-state index in [4.69, 9.17) is 4.42 Å². The molecule has 3 aromatic rings. The quantitative estimate of drug-likeness (QED) is 0.490. The van der Waals surface area contributed by atoms with Crippen molar-refractivity contribution in [3.8, 4) is 11.5 Å². The van der Waals surface area contributed by atoms with Gasteiger partial charge >= 0.3 is 11.8 Å².